The molecular formula is C72H142NO8+. The molecule has 0 aliphatic carbocycles. The number of likely N-dealkylation sites (N-methyl/N-ethyl adjacent to an activating group) is 1. The number of hydrogen-bond donors (Lipinski definition) is 1. The van der Waals surface area contributed by atoms with Gasteiger partial charge in [-0.15, -0.1) is 0 Å². The van der Waals surface area contributed by atoms with Gasteiger partial charge in [0, 0.05) is 12.8 Å². The van der Waals surface area contributed by atoms with E-state index in [1.807, 2.05) is 21.1 Å². The number of hydrogen-bond acceptors (Lipinski definition) is 7. The number of carboxylic acid groups (broad SMARTS) is 1. The van der Waals surface area contributed by atoms with Crippen LogP contribution in [0.5, 0.6) is 0 Å². The van der Waals surface area contributed by atoms with Crippen LogP contribution in [0.3, 0.4) is 0 Å². The van der Waals surface area contributed by atoms with E-state index in [-0.39, 0.29) is 38.2 Å². The third-order valence-corrected chi connectivity index (χ3v) is 16.9. The molecule has 0 aliphatic heterocycles. The molecule has 0 bridgehead atoms. The zero-order valence-electron chi connectivity index (χ0n) is 55.2. The van der Waals surface area contributed by atoms with E-state index in [0.29, 0.717) is 17.4 Å². The lowest BCUT2D eigenvalue weighted by Crippen LogP contribution is -2.40. The van der Waals surface area contributed by atoms with Gasteiger partial charge in [-0.1, -0.05) is 361 Å². The van der Waals surface area contributed by atoms with E-state index in [2.05, 4.69) is 13.8 Å². The Labute approximate surface area is 504 Å². The van der Waals surface area contributed by atoms with Gasteiger partial charge in [0.15, 0.2) is 6.10 Å². The molecule has 0 aliphatic rings. The second-order valence-corrected chi connectivity index (χ2v) is 26.3. The zero-order valence-corrected chi connectivity index (χ0v) is 55.2. The van der Waals surface area contributed by atoms with Gasteiger partial charge in [0.05, 0.1) is 34.4 Å². The molecule has 81 heavy (non-hydrogen) atoms. The fourth-order valence-corrected chi connectivity index (χ4v) is 11.3. The maximum Gasteiger partial charge on any atom is 0.361 e. The summed E-state index contributed by atoms with van der Waals surface area (Å²) in [6.07, 6.45) is 73.9. The van der Waals surface area contributed by atoms with Crippen LogP contribution in [0.15, 0.2) is 0 Å². The van der Waals surface area contributed by atoms with Gasteiger partial charge in [-0.25, -0.2) is 4.79 Å². The number of nitrogens with zero attached hydrogens (tertiary/aromatic N) is 1. The van der Waals surface area contributed by atoms with Gasteiger partial charge in [0.2, 0.25) is 0 Å². The molecule has 0 heterocycles. The fraction of sp³-hybridized carbons (Fsp3) is 0.958. The van der Waals surface area contributed by atoms with E-state index in [0.717, 1.165) is 38.5 Å². The largest absolute Gasteiger partial charge is 0.477 e. The van der Waals surface area contributed by atoms with Crippen LogP contribution in [0.4, 0.5) is 0 Å². The van der Waals surface area contributed by atoms with Crippen molar-refractivity contribution in [1.29, 1.82) is 0 Å². The van der Waals surface area contributed by atoms with Crippen molar-refractivity contribution < 1.29 is 42.9 Å². The molecule has 0 amide bonds. The minimum absolute atomic E-state index is 0.172. The Morgan fingerprint density at radius 2 is 0.556 bits per heavy atom. The van der Waals surface area contributed by atoms with Crippen molar-refractivity contribution in [3.8, 4) is 0 Å². The number of carboxylic acids is 1. The number of ether oxygens (including phenoxy) is 4. The maximum absolute atomic E-state index is 12.9. The molecule has 0 saturated heterocycles. The van der Waals surface area contributed by atoms with E-state index in [1.165, 1.54) is 321 Å². The number of aliphatic carboxylic acids is 1. The van der Waals surface area contributed by atoms with E-state index >= 15 is 0 Å². The van der Waals surface area contributed by atoms with Gasteiger partial charge in [0.25, 0.3) is 6.29 Å². The normalized spacial score (nSPS) is 12.6. The summed E-state index contributed by atoms with van der Waals surface area (Å²) in [6.45, 7) is 4.97. The monoisotopic (exact) mass is 1150 g/mol. The highest BCUT2D eigenvalue weighted by Crippen LogP contribution is 2.20. The average Bonchev–Trinajstić information content (AvgIpc) is 3.44. The Balaban J connectivity index is 3.94. The standard InChI is InChI=1S/C72H141NO8/c1-6-8-10-12-14-16-18-20-22-24-26-27-28-29-30-31-32-33-34-35-36-37-38-39-40-41-42-43-45-47-49-51-53-55-57-59-61-63-70(75)81-68(67-80-72(71(76)77)78-65-64-73(3,4)5)66-79-69(74)62-60-58-56-54-52-50-48-46-44-25-23-21-19-17-15-13-11-9-7-2/h68,72H,6-67H2,1-5H3/p+1. The van der Waals surface area contributed by atoms with Crippen LogP contribution < -0.4 is 0 Å². The summed E-state index contributed by atoms with van der Waals surface area (Å²) in [6, 6.07) is 0. The number of carbonyl (C=O) groups is 3. The molecule has 482 valence electrons. The minimum atomic E-state index is -1.50. The topological polar surface area (TPSA) is 108 Å². The first-order valence-corrected chi connectivity index (χ1v) is 36.2. The first kappa shape index (κ1) is 79.3. The first-order chi connectivity index (χ1) is 39.6. The Morgan fingerprint density at radius 3 is 0.790 bits per heavy atom. The van der Waals surface area contributed by atoms with E-state index in [4.69, 9.17) is 18.9 Å². The third kappa shape index (κ3) is 65.7. The number of quaternary nitrogens is 1. The Bertz CT molecular complexity index is 1290. The minimum Gasteiger partial charge on any atom is -0.477 e. The van der Waals surface area contributed by atoms with Gasteiger partial charge in [0.1, 0.15) is 13.2 Å². The van der Waals surface area contributed by atoms with Gasteiger partial charge in [-0.3, -0.25) is 9.59 Å². The van der Waals surface area contributed by atoms with Crippen molar-refractivity contribution in [3.05, 3.63) is 0 Å². The number of unbranched alkanes of at least 4 members (excludes halogenated alkanes) is 54. The molecule has 2 unspecified atom stereocenters. The van der Waals surface area contributed by atoms with Gasteiger partial charge >= 0.3 is 17.9 Å². The summed E-state index contributed by atoms with van der Waals surface area (Å²) in [4.78, 5) is 37.6. The summed E-state index contributed by atoms with van der Waals surface area (Å²) < 4.78 is 23.0. The molecular weight excluding hydrogens is 1010 g/mol. The molecule has 2 atom stereocenters. The van der Waals surface area contributed by atoms with E-state index in [9.17, 15) is 19.5 Å². The van der Waals surface area contributed by atoms with Crippen molar-refractivity contribution >= 4 is 17.9 Å². The summed E-state index contributed by atoms with van der Waals surface area (Å²) >= 11 is 0. The number of rotatable bonds is 69. The van der Waals surface area contributed by atoms with Crippen LogP contribution in [0.2, 0.25) is 0 Å². The Hall–Kier alpha value is -1.71. The molecule has 0 aromatic carbocycles. The maximum atomic E-state index is 12.9. The fourth-order valence-electron chi connectivity index (χ4n) is 11.3. The average molecular weight is 1150 g/mol. The number of esters is 2. The molecule has 0 rings (SSSR count). The van der Waals surface area contributed by atoms with Crippen LogP contribution in [0, 0.1) is 0 Å². The van der Waals surface area contributed by atoms with Crippen LogP contribution in [-0.2, 0) is 33.3 Å². The quantitative estimate of drug-likeness (QED) is 0.0278. The summed E-state index contributed by atoms with van der Waals surface area (Å²) in [5, 5.41) is 9.74. The lowest BCUT2D eigenvalue weighted by Gasteiger charge is -2.25. The van der Waals surface area contributed by atoms with Gasteiger partial charge < -0.3 is 28.5 Å². The van der Waals surface area contributed by atoms with E-state index < -0.39 is 18.4 Å². The molecule has 0 aromatic heterocycles. The highest BCUT2D eigenvalue weighted by molar-refractivity contribution is 5.71. The second kappa shape index (κ2) is 64.3. The van der Waals surface area contributed by atoms with Crippen LogP contribution in [0.25, 0.3) is 0 Å². The molecule has 9 nitrogen and oxygen atoms in total. The molecule has 0 radical (unpaired) electrons. The molecule has 0 spiro atoms. The van der Waals surface area contributed by atoms with Crippen molar-refractivity contribution in [2.24, 2.45) is 0 Å². The van der Waals surface area contributed by atoms with E-state index in [1.54, 1.807) is 0 Å². The van der Waals surface area contributed by atoms with Crippen LogP contribution >= 0.6 is 0 Å². The summed E-state index contributed by atoms with van der Waals surface area (Å²) in [7, 11) is 5.99. The Kier molecular flexibility index (Phi) is 62.9. The lowest BCUT2D eigenvalue weighted by molar-refractivity contribution is -0.870. The first-order valence-electron chi connectivity index (χ1n) is 36.2. The zero-order chi connectivity index (χ0) is 59.1. The summed E-state index contributed by atoms with van der Waals surface area (Å²) in [5.74, 6) is -1.97. The predicted molar refractivity (Wildman–Crippen MR) is 346 cm³/mol. The van der Waals surface area contributed by atoms with Crippen molar-refractivity contribution in [3.63, 3.8) is 0 Å². The van der Waals surface area contributed by atoms with Crippen molar-refractivity contribution in [2.75, 3.05) is 47.5 Å². The van der Waals surface area contributed by atoms with Crippen molar-refractivity contribution in [1.82, 2.24) is 0 Å². The highest BCUT2D eigenvalue weighted by Gasteiger charge is 2.25. The van der Waals surface area contributed by atoms with Gasteiger partial charge in [-0.2, -0.15) is 0 Å². The molecule has 0 fully saturated rings. The summed E-state index contributed by atoms with van der Waals surface area (Å²) in [5.41, 5.74) is 0. The smallest absolute Gasteiger partial charge is 0.361 e. The van der Waals surface area contributed by atoms with Crippen LogP contribution in [0.1, 0.15) is 386 Å². The molecule has 9 heteroatoms. The van der Waals surface area contributed by atoms with Gasteiger partial charge in [-0.05, 0) is 12.8 Å². The Morgan fingerprint density at radius 1 is 0.321 bits per heavy atom. The van der Waals surface area contributed by atoms with Crippen LogP contribution in [-0.4, -0.2) is 87.4 Å². The second-order valence-electron chi connectivity index (χ2n) is 26.3. The predicted octanol–water partition coefficient (Wildman–Crippen LogP) is 22.3. The number of carbonyl (C=O) groups excluding carboxylic acids is 2. The lowest BCUT2D eigenvalue weighted by atomic mass is 10.0. The molecule has 0 aromatic rings. The third-order valence-electron chi connectivity index (χ3n) is 16.9. The SMILES string of the molecule is CCCCCCCCCCCCCCCCCCCCCCCCCCCCCCCCCCCCCCCC(=O)OC(COC(=O)CCCCCCCCCCCCCCCCCCCCC)COC(OCC[N+](C)(C)C)C(=O)O. The van der Waals surface area contributed by atoms with Crippen molar-refractivity contribution in [2.45, 2.75) is 399 Å². The highest BCUT2D eigenvalue weighted by atomic mass is 16.7. The molecule has 0 saturated carbocycles. The molecule has 1 N–H and O–H groups in total.